The molecule has 0 aliphatic carbocycles. The highest BCUT2D eigenvalue weighted by atomic mass is 32.2. The Morgan fingerprint density at radius 1 is 1.29 bits per heavy atom. The topological polar surface area (TPSA) is 62.3 Å². The lowest BCUT2D eigenvalue weighted by Crippen LogP contribution is -2.40. The van der Waals surface area contributed by atoms with E-state index < -0.39 is 10.0 Å². The Kier molecular flexibility index (Phi) is 7.62. The van der Waals surface area contributed by atoms with Crippen LogP contribution in [0, 0.1) is 12.8 Å². The zero-order chi connectivity index (χ0) is 20.0. The summed E-state index contributed by atoms with van der Waals surface area (Å²) in [5.41, 5.74) is 2.21. The van der Waals surface area contributed by atoms with E-state index >= 15 is 0 Å². The molecule has 0 saturated carbocycles. The summed E-state index contributed by atoms with van der Waals surface area (Å²) in [5.74, 6) is 0.340. The molecular formula is C21H31N3O2S2. The van der Waals surface area contributed by atoms with Gasteiger partial charge in [0.15, 0.2) is 0 Å². The molecule has 0 bridgehead atoms. The lowest BCUT2D eigenvalue weighted by Gasteiger charge is -2.32. The molecule has 2 heterocycles. The number of benzene rings is 1. The molecule has 1 unspecified atom stereocenters. The largest absolute Gasteiger partial charge is 0.297 e. The van der Waals surface area contributed by atoms with E-state index in [0.29, 0.717) is 17.4 Å². The smallest absolute Gasteiger partial charge is 0.240 e. The summed E-state index contributed by atoms with van der Waals surface area (Å²) in [4.78, 5) is 7.51. The summed E-state index contributed by atoms with van der Waals surface area (Å²) in [7, 11) is -3.44. The van der Waals surface area contributed by atoms with Crippen molar-refractivity contribution in [3.8, 4) is 0 Å². The van der Waals surface area contributed by atoms with Crippen molar-refractivity contribution in [2.45, 2.75) is 57.4 Å². The van der Waals surface area contributed by atoms with Crippen molar-refractivity contribution in [1.29, 1.82) is 0 Å². The minimum Gasteiger partial charge on any atom is -0.297 e. The summed E-state index contributed by atoms with van der Waals surface area (Å²) >= 11 is 1.76. The molecule has 7 heteroatoms. The fraction of sp³-hybridized carbons (Fsp3) is 0.571. The number of rotatable bonds is 9. The van der Waals surface area contributed by atoms with Gasteiger partial charge in [0.2, 0.25) is 10.0 Å². The minimum absolute atomic E-state index is 0.340. The van der Waals surface area contributed by atoms with Crippen molar-refractivity contribution in [3.05, 3.63) is 45.9 Å². The van der Waals surface area contributed by atoms with Crippen LogP contribution in [0.3, 0.4) is 0 Å². The zero-order valence-electron chi connectivity index (χ0n) is 16.9. The number of thiazole rings is 1. The third-order valence-corrected chi connectivity index (χ3v) is 7.62. The van der Waals surface area contributed by atoms with E-state index in [9.17, 15) is 8.42 Å². The average Bonchev–Trinajstić information content (AvgIpc) is 3.13. The standard InChI is InChI=1S/C21H31N3O2S2/c1-3-4-7-21-23-19(16-27-21)15-24-12-5-6-18(14-24)13-22-28(25,26)20-10-8-17(2)9-11-20/h8-11,16,18,22H,3-7,12-15H2,1-2H3. The molecule has 1 fully saturated rings. The molecule has 2 aromatic rings. The van der Waals surface area contributed by atoms with E-state index in [1.807, 2.05) is 19.1 Å². The van der Waals surface area contributed by atoms with Crippen LogP contribution in [0.15, 0.2) is 34.5 Å². The van der Waals surface area contributed by atoms with Crippen molar-refractivity contribution in [1.82, 2.24) is 14.6 Å². The molecule has 1 atom stereocenters. The zero-order valence-corrected chi connectivity index (χ0v) is 18.5. The number of sulfonamides is 1. The van der Waals surface area contributed by atoms with Crippen LogP contribution in [-0.2, 0) is 23.0 Å². The number of unbranched alkanes of at least 4 members (excludes halogenated alkanes) is 1. The maximum Gasteiger partial charge on any atom is 0.240 e. The Morgan fingerprint density at radius 3 is 2.82 bits per heavy atom. The van der Waals surface area contributed by atoms with Gasteiger partial charge in [0, 0.05) is 25.0 Å². The molecule has 1 saturated heterocycles. The molecule has 0 radical (unpaired) electrons. The third-order valence-electron chi connectivity index (χ3n) is 5.23. The summed E-state index contributed by atoms with van der Waals surface area (Å²) in [6, 6.07) is 7.01. The molecule has 0 amide bonds. The van der Waals surface area contributed by atoms with E-state index in [0.717, 1.165) is 50.2 Å². The van der Waals surface area contributed by atoms with Crippen LogP contribution in [0.4, 0.5) is 0 Å². The number of aromatic nitrogens is 1. The minimum atomic E-state index is -3.44. The second-order valence-corrected chi connectivity index (χ2v) is 10.5. The van der Waals surface area contributed by atoms with Gasteiger partial charge in [-0.25, -0.2) is 18.1 Å². The third kappa shape index (κ3) is 6.11. The van der Waals surface area contributed by atoms with E-state index in [1.165, 1.54) is 17.8 Å². The van der Waals surface area contributed by atoms with Crippen molar-refractivity contribution < 1.29 is 8.42 Å². The van der Waals surface area contributed by atoms with Gasteiger partial charge in [-0.05, 0) is 57.2 Å². The highest BCUT2D eigenvalue weighted by molar-refractivity contribution is 7.89. The molecule has 5 nitrogen and oxygen atoms in total. The van der Waals surface area contributed by atoms with Crippen molar-refractivity contribution in [2.24, 2.45) is 5.92 Å². The quantitative estimate of drug-likeness (QED) is 0.665. The molecule has 1 N–H and O–H groups in total. The predicted molar refractivity (Wildman–Crippen MR) is 115 cm³/mol. The first-order chi connectivity index (χ1) is 13.5. The molecule has 154 valence electrons. The van der Waals surface area contributed by atoms with Crippen LogP contribution >= 0.6 is 11.3 Å². The molecule has 3 rings (SSSR count). The fourth-order valence-electron chi connectivity index (χ4n) is 3.58. The van der Waals surface area contributed by atoms with Gasteiger partial charge in [0.1, 0.15) is 0 Å². The molecule has 0 spiro atoms. The lowest BCUT2D eigenvalue weighted by atomic mass is 9.98. The van der Waals surface area contributed by atoms with Crippen LogP contribution in [0.2, 0.25) is 0 Å². The lowest BCUT2D eigenvalue weighted by molar-refractivity contribution is 0.167. The first kappa shape index (κ1) is 21.4. The monoisotopic (exact) mass is 421 g/mol. The van der Waals surface area contributed by atoms with Crippen LogP contribution in [0.25, 0.3) is 0 Å². The molecule has 1 aromatic heterocycles. The molecule has 1 aliphatic heterocycles. The Labute approximate surface area is 173 Å². The number of piperidine rings is 1. The maximum absolute atomic E-state index is 12.5. The van der Waals surface area contributed by atoms with E-state index in [2.05, 4.69) is 21.9 Å². The molecular weight excluding hydrogens is 390 g/mol. The maximum atomic E-state index is 12.5. The van der Waals surface area contributed by atoms with E-state index in [4.69, 9.17) is 4.98 Å². The number of likely N-dealkylation sites (tertiary alicyclic amines) is 1. The second kappa shape index (κ2) is 9.96. The summed E-state index contributed by atoms with van der Waals surface area (Å²) in [6.45, 7) is 7.49. The van der Waals surface area contributed by atoms with Crippen LogP contribution in [0.1, 0.15) is 48.9 Å². The van der Waals surface area contributed by atoms with Crippen molar-refractivity contribution in [3.63, 3.8) is 0 Å². The van der Waals surface area contributed by atoms with Gasteiger partial charge in [0.05, 0.1) is 15.6 Å². The highest BCUT2D eigenvalue weighted by Gasteiger charge is 2.23. The van der Waals surface area contributed by atoms with Gasteiger partial charge >= 0.3 is 0 Å². The summed E-state index contributed by atoms with van der Waals surface area (Å²) in [5, 5.41) is 3.41. The Hall–Kier alpha value is -1.28. The molecule has 1 aliphatic rings. The van der Waals surface area contributed by atoms with Gasteiger partial charge in [-0.15, -0.1) is 11.3 Å². The van der Waals surface area contributed by atoms with Crippen LogP contribution in [0.5, 0.6) is 0 Å². The van der Waals surface area contributed by atoms with Gasteiger partial charge < -0.3 is 0 Å². The van der Waals surface area contributed by atoms with E-state index in [-0.39, 0.29) is 0 Å². The van der Waals surface area contributed by atoms with Gasteiger partial charge in [-0.2, -0.15) is 0 Å². The Bertz CT molecular complexity index is 847. The Morgan fingerprint density at radius 2 is 2.07 bits per heavy atom. The first-order valence-electron chi connectivity index (χ1n) is 10.2. The van der Waals surface area contributed by atoms with Crippen LogP contribution < -0.4 is 4.72 Å². The number of nitrogens with zero attached hydrogens (tertiary/aromatic N) is 2. The summed E-state index contributed by atoms with van der Waals surface area (Å²) in [6.07, 6.45) is 5.63. The normalized spacial score (nSPS) is 18.4. The number of nitrogens with one attached hydrogen (secondary N) is 1. The predicted octanol–water partition coefficient (Wildman–Crippen LogP) is 3.98. The fourth-order valence-corrected chi connectivity index (χ4v) is 5.53. The Balaban J connectivity index is 1.50. The van der Waals surface area contributed by atoms with Crippen molar-refractivity contribution in [2.75, 3.05) is 19.6 Å². The second-order valence-electron chi connectivity index (χ2n) is 7.74. The number of aryl methyl sites for hydroxylation is 2. The van der Waals surface area contributed by atoms with E-state index in [1.54, 1.807) is 23.5 Å². The highest BCUT2D eigenvalue weighted by Crippen LogP contribution is 2.20. The SMILES string of the molecule is CCCCc1nc(CN2CCCC(CNS(=O)(=O)c3ccc(C)cc3)C2)cs1. The average molecular weight is 422 g/mol. The number of hydrogen-bond donors (Lipinski definition) is 1. The van der Waals surface area contributed by atoms with Gasteiger partial charge in [-0.3, -0.25) is 4.90 Å². The van der Waals surface area contributed by atoms with Gasteiger partial charge in [-0.1, -0.05) is 31.0 Å². The first-order valence-corrected chi connectivity index (χ1v) is 12.5. The summed E-state index contributed by atoms with van der Waals surface area (Å²) < 4.78 is 27.8. The van der Waals surface area contributed by atoms with Gasteiger partial charge in [0.25, 0.3) is 0 Å². The molecule has 1 aromatic carbocycles. The number of hydrogen-bond acceptors (Lipinski definition) is 5. The molecule has 28 heavy (non-hydrogen) atoms. The van der Waals surface area contributed by atoms with Crippen LogP contribution in [-0.4, -0.2) is 37.9 Å². The van der Waals surface area contributed by atoms with Crippen molar-refractivity contribution >= 4 is 21.4 Å².